The monoisotopic (exact) mass is 376 g/mol. The van der Waals surface area contributed by atoms with E-state index in [-0.39, 0.29) is 23.5 Å². The fourth-order valence-corrected chi connectivity index (χ4v) is 5.14. The van der Waals surface area contributed by atoms with Gasteiger partial charge in [0.05, 0.1) is 17.2 Å². The molecule has 1 amide bonds. The van der Waals surface area contributed by atoms with E-state index in [1.54, 1.807) is 22.0 Å². The summed E-state index contributed by atoms with van der Waals surface area (Å²) in [5.74, 6) is 0.167. The minimum Gasteiger partial charge on any atom is -0.334 e. The molecular formula is C18H24N4O3S. The first kappa shape index (κ1) is 18.6. The van der Waals surface area contributed by atoms with Gasteiger partial charge in [-0.2, -0.15) is 5.10 Å². The van der Waals surface area contributed by atoms with Crippen molar-refractivity contribution in [2.75, 3.05) is 11.5 Å². The largest absolute Gasteiger partial charge is 0.334 e. The van der Waals surface area contributed by atoms with Crippen LogP contribution in [0.15, 0.2) is 30.7 Å². The van der Waals surface area contributed by atoms with Gasteiger partial charge in [0, 0.05) is 44.6 Å². The number of pyridine rings is 1. The maximum absolute atomic E-state index is 12.9. The van der Waals surface area contributed by atoms with E-state index >= 15 is 0 Å². The van der Waals surface area contributed by atoms with Gasteiger partial charge in [0.1, 0.15) is 0 Å². The number of hydrogen-bond acceptors (Lipinski definition) is 5. The quantitative estimate of drug-likeness (QED) is 0.758. The first-order valence-corrected chi connectivity index (χ1v) is 10.5. The molecule has 1 aliphatic heterocycles. The van der Waals surface area contributed by atoms with Crippen molar-refractivity contribution in [1.29, 1.82) is 0 Å². The van der Waals surface area contributed by atoms with Crippen molar-refractivity contribution >= 4 is 15.7 Å². The number of hydrogen-bond donors (Lipinski definition) is 0. The second-order valence-corrected chi connectivity index (χ2v) is 9.08. The zero-order valence-electron chi connectivity index (χ0n) is 15.1. The zero-order chi connectivity index (χ0) is 18.7. The fraction of sp³-hybridized carbons (Fsp3) is 0.500. The Bertz CT molecular complexity index is 877. The Hall–Kier alpha value is -2.22. The lowest BCUT2D eigenvalue weighted by Crippen LogP contribution is -2.40. The SMILES string of the molecule is Cc1nn(C)cc1CCC(=O)N(Cc1cccnc1)C1CCS(=O)(=O)C1. The smallest absolute Gasteiger partial charge is 0.223 e. The van der Waals surface area contributed by atoms with Gasteiger partial charge in [-0.3, -0.25) is 14.5 Å². The molecule has 0 N–H and O–H groups in total. The summed E-state index contributed by atoms with van der Waals surface area (Å²) in [5.41, 5.74) is 2.87. The highest BCUT2D eigenvalue weighted by molar-refractivity contribution is 7.91. The molecular weight excluding hydrogens is 352 g/mol. The summed E-state index contributed by atoms with van der Waals surface area (Å²) in [7, 11) is -1.20. The summed E-state index contributed by atoms with van der Waals surface area (Å²) in [6, 6.07) is 3.47. The Morgan fingerprint density at radius 3 is 2.81 bits per heavy atom. The maximum Gasteiger partial charge on any atom is 0.223 e. The molecule has 1 fully saturated rings. The summed E-state index contributed by atoms with van der Waals surface area (Å²) >= 11 is 0. The van der Waals surface area contributed by atoms with E-state index < -0.39 is 9.84 Å². The number of aryl methyl sites for hydroxylation is 3. The van der Waals surface area contributed by atoms with Crippen LogP contribution in [0.2, 0.25) is 0 Å². The van der Waals surface area contributed by atoms with Gasteiger partial charge in [0.25, 0.3) is 0 Å². The van der Waals surface area contributed by atoms with Gasteiger partial charge in [-0.05, 0) is 37.0 Å². The van der Waals surface area contributed by atoms with Gasteiger partial charge in [-0.15, -0.1) is 0 Å². The average Bonchev–Trinajstić information content (AvgIpc) is 3.12. The lowest BCUT2D eigenvalue weighted by Gasteiger charge is -2.28. The first-order valence-electron chi connectivity index (χ1n) is 8.72. The van der Waals surface area contributed by atoms with Gasteiger partial charge in [-0.25, -0.2) is 8.42 Å². The van der Waals surface area contributed by atoms with Crippen molar-refractivity contribution in [1.82, 2.24) is 19.7 Å². The second-order valence-electron chi connectivity index (χ2n) is 6.85. The third-order valence-electron chi connectivity index (χ3n) is 4.77. The number of carbonyl (C=O) groups excluding carboxylic acids is 1. The van der Waals surface area contributed by atoms with Crippen molar-refractivity contribution in [3.8, 4) is 0 Å². The van der Waals surface area contributed by atoms with Crippen LogP contribution in [0.1, 0.15) is 29.7 Å². The molecule has 0 bridgehead atoms. The van der Waals surface area contributed by atoms with Crippen LogP contribution in [0.3, 0.4) is 0 Å². The standard InChI is InChI=1S/C18H24N4O3S/c1-14-16(12-21(2)20-14)5-6-18(23)22(11-15-4-3-8-19-10-15)17-7-9-26(24,25)13-17/h3-4,8,10,12,17H,5-7,9,11,13H2,1-2H3. The molecule has 3 heterocycles. The zero-order valence-corrected chi connectivity index (χ0v) is 15.9. The Balaban J connectivity index is 1.73. The fourth-order valence-electron chi connectivity index (χ4n) is 3.41. The van der Waals surface area contributed by atoms with Gasteiger partial charge in [0.2, 0.25) is 5.91 Å². The Labute approximate surface area is 154 Å². The lowest BCUT2D eigenvalue weighted by atomic mass is 10.1. The highest BCUT2D eigenvalue weighted by Crippen LogP contribution is 2.21. The van der Waals surface area contributed by atoms with E-state index in [0.29, 0.717) is 25.8 Å². The maximum atomic E-state index is 12.9. The molecule has 0 aliphatic carbocycles. The van der Waals surface area contributed by atoms with E-state index in [0.717, 1.165) is 16.8 Å². The number of amides is 1. The summed E-state index contributed by atoms with van der Waals surface area (Å²) in [6.45, 7) is 2.32. The number of aromatic nitrogens is 3. The molecule has 26 heavy (non-hydrogen) atoms. The molecule has 1 unspecified atom stereocenters. The van der Waals surface area contributed by atoms with Crippen molar-refractivity contribution in [3.05, 3.63) is 47.5 Å². The predicted octanol–water partition coefficient (Wildman–Crippen LogP) is 1.27. The molecule has 2 aromatic heterocycles. The van der Waals surface area contributed by atoms with Crippen molar-refractivity contribution in [3.63, 3.8) is 0 Å². The molecule has 1 atom stereocenters. The molecule has 0 aromatic carbocycles. The molecule has 8 heteroatoms. The Morgan fingerprint density at radius 1 is 1.42 bits per heavy atom. The van der Waals surface area contributed by atoms with Crippen LogP contribution in [0.4, 0.5) is 0 Å². The first-order chi connectivity index (χ1) is 12.3. The summed E-state index contributed by atoms with van der Waals surface area (Å²) in [5, 5.41) is 4.30. The Kier molecular flexibility index (Phi) is 5.41. The molecule has 0 radical (unpaired) electrons. The molecule has 140 valence electrons. The minimum absolute atomic E-state index is 0.0285. The van der Waals surface area contributed by atoms with Crippen molar-refractivity contribution < 1.29 is 13.2 Å². The van der Waals surface area contributed by atoms with E-state index in [1.807, 2.05) is 32.3 Å². The molecule has 1 aliphatic rings. The van der Waals surface area contributed by atoms with E-state index in [1.165, 1.54) is 0 Å². The number of nitrogens with zero attached hydrogens (tertiary/aromatic N) is 4. The van der Waals surface area contributed by atoms with Gasteiger partial charge in [-0.1, -0.05) is 6.07 Å². The summed E-state index contributed by atoms with van der Waals surface area (Å²) < 4.78 is 25.5. The normalized spacial score (nSPS) is 18.8. The topological polar surface area (TPSA) is 85.2 Å². The van der Waals surface area contributed by atoms with Crippen molar-refractivity contribution in [2.45, 2.75) is 38.8 Å². The van der Waals surface area contributed by atoms with Crippen LogP contribution in [0, 0.1) is 6.92 Å². The third kappa shape index (κ3) is 4.49. The molecule has 0 spiro atoms. The summed E-state index contributed by atoms with van der Waals surface area (Å²) in [6.07, 6.45) is 6.76. The van der Waals surface area contributed by atoms with E-state index in [4.69, 9.17) is 0 Å². The minimum atomic E-state index is -3.06. The summed E-state index contributed by atoms with van der Waals surface area (Å²) in [4.78, 5) is 18.7. The van der Waals surface area contributed by atoms with Crippen LogP contribution < -0.4 is 0 Å². The highest BCUT2D eigenvalue weighted by atomic mass is 32.2. The molecule has 2 aromatic rings. The van der Waals surface area contributed by atoms with Gasteiger partial charge >= 0.3 is 0 Å². The number of carbonyl (C=O) groups is 1. The van der Waals surface area contributed by atoms with E-state index in [2.05, 4.69) is 10.1 Å². The van der Waals surface area contributed by atoms with Crippen LogP contribution >= 0.6 is 0 Å². The predicted molar refractivity (Wildman–Crippen MR) is 98.1 cm³/mol. The molecule has 0 saturated carbocycles. The number of sulfone groups is 1. The molecule has 7 nitrogen and oxygen atoms in total. The lowest BCUT2D eigenvalue weighted by molar-refractivity contribution is -0.133. The second kappa shape index (κ2) is 7.57. The van der Waals surface area contributed by atoms with Crippen LogP contribution in [-0.4, -0.2) is 51.5 Å². The highest BCUT2D eigenvalue weighted by Gasteiger charge is 2.34. The third-order valence-corrected chi connectivity index (χ3v) is 6.52. The average molecular weight is 376 g/mol. The van der Waals surface area contributed by atoms with Gasteiger partial charge in [0.15, 0.2) is 9.84 Å². The molecule has 1 saturated heterocycles. The molecule has 3 rings (SSSR count). The number of rotatable bonds is 6. The Morgan fingerprint density at radius 2 is 2.23 bits per heavy atom. The van der Waals surface area contributed by atoms with E-state index in [9.17, 15) is 13.2 Å². The van der Waals surface area contributed by atoms with Crippen LogP contribution in [0.25, 0.3) is 0 Å². The van der Waals surface area contributed by atoms with Gasteiger partial charge < -0.3 is 4.90 Å². The van der Waals surface area contributed by atoms with Crippen LogP contribution in [0.5, 0.6) is 0 Å². The van der Waals surface area contributed by atoms with Crippen molar-refractivity contribution in [2.24, 2.45) is 7.05 Å². The van der Waals surface area contributed by atoms with Crippen LogP contribution in [-0.2, 0) is 34.6 Å².